The first-order valence-corrected chi connectivity index (χ1v) is 10.7. The minimum absolute atomic E-state index is 0.0418. The van der Waals surface area contributed by atoms with Gasteiger partial charge in [0.25, 0.3) is 0 Å². The molecule has 4 rings (SSSR count). The Morgan fingerprint density at radius 2 is 1.86 bits per heavy atom. The SMILES string of the molecule is Cc1ccc(C)c(C(=O)CCC(=O)N2CCN(c3nc4cccnc4s3)CC2)c1. The van der Waals surface area contributed by atoms with Crippen LogP contribution in [-0.2, 0) is 4.79 Å². The molecule has 0 spiro atoms. The van der Waals surface area contributed by atoms with Crippen LogP contribution in [0.25, 0.3) is 10.3 Å². The number of hydrogen-bond acceptors (Lipinski definition) is 6. The lowest BCUT2D eigenvalue weighted by atomic mass is 9.99. The predicted octanol–water partition coefficient (Wildman–Crippen LogP) is 3.62. The summed E-state index contributed by atoms with van der Waals surface area (Å²) in [7, 11) is 0. The molecule has 0 saturated carbocycles. The lowest BCUT2D eigenvalue weighted by Crippen LogP contribution is -2.48. The van der Waals surface area contributed by atoms with E-state index in [4.69, 9.17) is 0 Å². The van der Waals surface area contributed by atoms with Crippen LogP contribution in [0, 0.1) is 13.8 Å². The fraction of sp³-hybridized carbons (Fsp3) is 0.364. The molecule has 1 aliphatic heterocycles. The highest BCUT2D eigenvalue weighted by Crippen LogP contribution is 2.27. The van der Waals surface area contributed by atoms with Crippen molar-refractivity contribution in [3.8, 4) is 0 Å². The molecule has 0 radical (unpaired) electrons. The molecule has 1 fully saturated rings. The highest BCUT2D eigenvalue weighted by Gasteiger charge is 2.24. The van der Waals surface area contributed by atoms with Gasteiger partial charge in [0, 0.05) is 50.8 Å². The van der Waals surface area contributed by atoms with E-state index in [1.807, 2.05) is 49.1 Å². The summed E-state index contributed by atoms with van der Waals surface area (Å²) in [4.78, 5) is 39.1. The van der Waals surface area contributed by atoms with E-state index < -0.39 is 0 Å². The van der Waals surface area contributed by atoms with Crippen LogP contribution in [0.1, 0.15) is 34.3 Å². The van der Waals surface area contributed by atoms with Gasteiger partial charge in [-0.3, -0.25) is 9.59 Å². The predicted molar refractivity (Wildman–Crippen MR) is 116 cm³/mol. The van der Waals surface area contributed by atoms with Crippen molar-refractivity contribution in [3.05, 3.63) is 53.2 Å². The minimum Gasteiger partial charge on any atom is -0.344 e. The number of aromatic nitrogens is 2. The van der Waals surface area contributed by atoms with Gasteiger partial charge in [0.05, 0.1) is 0 Å². The van der Waals surface area contributed by atoms with Crippen LogP contribution in [-0.4, -0.2) is 52.7 Å². The zero-order chi connectivity index (χ0) is 20.4. The Hall–Kier alpha value is -2.80. The Morgan fingerprint density at radius 1 is 1.07 bits per heavy atom. The molecule has 0 aliphatic carbocycles. The molecule has 1 amide bonds. The highest BCUT2D eigenvalue weighted by atomic mass is 32.1. The molecule has 0 atom stereocenters. The van der Waals surface area contributed by atoms with E-state index in [1.165, 1.54) is 0 Å². The molecule has 0 N–H and O–H groups in total. The third-order valence-corrected chi connectivity index (χ3v) is 6.36. The topological polar surface area (TPSA) is 66.4 Å². The smallest absolute Gasteiger partial charge is 0.223 e. The number of aryl methyl sites for hydroxylation is 2. The second-order valence-corrected chi connectivity index (χ2v) is 8.39. The number of benzene rings is 1. The standard InChI is InChI=1S/C22H24N4O2S/c1-15-5-6-16(2)17(14-15)19(27)7-8-20(28)25-10-12-26(13-11-25)22-24-18-4-3-9-23-21(18)29-22/h3-6,9,14H,7-8,10-13H2,1-2H3. The van der Waals surface area contributed by atoms with Crippen LogP contribution in [0.3, 0.4) is 0 Å². The van der Waals surface area contributed by atoms with Gasteiger partial charge in [0.2, 0.25) is 5.91 Å². The monoisotopic (exact) mass is 408 g/mol. The molecule has 7 heteroatoms. The molecule has 150 valence electrons. The van der Waals surface area contributed by atoms with Gasteiger partial charge < -0.3 is 9.80 Å². The first-order valence-electron chi connectivity index (χ1n) is 9.86. The summed E-state index contributed by atoms with van der Waals surface area (Å²) >= 11 is 1.58. The number of piperazine rings is 1. The number of rotatable bonds is 5. The molecule has 29 heavy (non-hydrogen) atoms. The Kier molecular flexibility index (Phi) is 5.58. The van der Waals surface area contributed by atoms with Crippen molar-refractivity contribution in [2.24, 2.45) is 0 Å². The van der Waals surface area contributed by atoms with E-state index in [0.29, 0.717) is 13.1 Å². The number of carbonyl (C=O) groups excluding carboxylic acids is 2. The van der Waals surface area contributed by atoms with Crippen LogP contribution < -0.4 is 4.90 Å². The van der Waals surface area contributed by atoms with Gasteiger partial charge in [-0.25, -0.2) is 9.97 Å². The molecule has 3 aromatic rings. The molecular formula is C22H24N4O2S. The van der Waals surface area contributed by atoms with Gasteiger partial charge in [-0.15, -0.1) is 0 Å². The quantitative estimate of drug-likeness (QED) is 0.603. The number of fused-ring (bicyclic) bond motifs is 1. The van der Waals surface area contributed by atoms with Crippen molar-refractivity contribution in [2.75, 3.05) is 31.1 Å². The number of Topliss-reactive ketones (excluding diaryl/α,β-unsaturated/α-hetero) is 1. The average molecular weight is 409 g/mol. The summed E-state index contributed by atoms with van der Waals surface area (Å²) in [5.74, 6) is 0.0921. The van der Waals surface area contributed by atoms with Gasteiger partial charge in [0.1, 0.15) is 10.3 Å². The second-order valence-electron chi connectivity index (χ2n) is 7.43. The molecular weight excluding hydrogens is 384 g/mol. The molecule has 3 heterocycles. The number of carbonyl (C=O) groups is 2. The second kappa shape index (κ2) is 8.29. The fourth-order valence-corrected chi connectivity index (χ4v) is 4.55. The number of amides is 1. The molecule has 1 aromatic carbocycles. The van der Waals surface area contributed by atoms with E-state index in [0.717, 1.165) is 45.3 Å². The van der Waals surface area contributed by atoms with Crippen molar-refractivity contribution in [3.63, 3.8) is 0 Å². The Labute approximate surface area is 174 Å². The van der Waals surface area contributed by atoms with E-state index >= 15 is 0 Å². The van der Waals surface area contributed by atoms with E-state index in [1.54, 1.807) is 17.5 Å². The Morgan fingerprint density at radius 3 is 2.62 bits per heavy atom. The summed E-state index contributed by atoms with van der Waals surface area (Å²) in [6.07, 6.45) is 2.30. The van der Waals surface area contributed by atoms with Crippen molar-refractivity contribution in [1.82, 2.24) is 14.9 Å². The van der Waals surface area contributed by atoms with Crippen molar-refractivity contribution in [1.29, 1.82) is 0 Å². The van der Waals surface area contributed by atoms with Crippen molar-refractivity contribution in [2.45, 2.75) is 26.7 Å². The first kappa shape index (κ1) is 19.5. The summed E-state index contributed by atoms with van der Waals surface area (Å²) in [5, 5.41) is 0.955. The van der Waals surface area contributed by atoms with Crippen molar-refractivity contribution >= 4 is 38.5 Å². The molecule has 0 unspecified atom stereocenters. The number of nitrogens with zero attached hydrogens (tertiary/aromatic N) is 4. The number of ketones is 1. The van der Waals surface area contributed by atoms with Gasteiger partial charge in [-0.05, 0) is 37.6 Å². The normalized spacial score (nSPS) is 14.4. The van der Waals surface area contributed by atoms with Crippen molar-refractivity contribution < 1.29 is 9.59 Å². The zero-order valence-corrected chi connectivity index (χ0v) is 17.5. The largest absolute Gasteiger partial charge is 0.344 e. The van der Waals surface area contributed by atoms with Crippen LogP contribution in [0.4, 0.5) is 5.13 Å². The minimum atomic E-state index is 0.0418. The molecule has 6 nitrogen and oxygen atoms in total. The van der Waals surface area contributed by atoms with Gasteiger partial charge >= 0.3 is 0 Å². The number of hydrogen-bond donors (Lipinski definition) is 0. The lowest BCUT2D eigenvalue weighted by molar-refractivity contribution is -0.131. The average Bonchev–Trinajstić information content (AvgIpc) is 3.18. The molecule has 0 bridgehead atoms. The first-order chi connectivity index (χ1) is 14.0. The third kappa shape index (κ3) is 4.29. The lowest BCUT2D eigenvalue weighted by Gasteiger charge is -2.34. The number of pyridine rings is 1. The Balaban J connectivity index is 1.31. The van der Waals surface area contributed by atoms with Crippen LogP contribution in [0.5, 0.6) is 0 Å². The maximum Gasteiger partial charge on any atom is 0.223 e. The van der Waals surface area contributed by atoms with Crippen LogP contribution in [0.2, 0.25) is 0 Å². The van der Waals surface area contributed by atoms with E-state index in [9.17, 15) is 9.59 Å². The highest BCUT2D eigenvalue weighted by molar-refractivity contribution is 7.21. The zero-order valence-electron chi connectivity index (χ0n) is 16.7. The van der Waals surface area contributed by atoms with Gasteiger partial charge in [0.15, 0.2) is 10.9 Å². The maximum atomic E-state index is 12.6. The number of thiazole rings is 1. The van der Waals surface area contributed by atoms with E-state index in [2.05, 4.69) is 14.9 Å². The summed E-state index contributed by atoms with van der Waals surface area (Å²) < 4.78 is 0. The molecule has 1 aliphatic rings. The fourth-order valence-electron chi connectivity index (χ4n) is 3.59. The maximum absolute atomic E-state index is 12.6. The molecule has 2 aromatic heterocycles. The summed E-state index contributed by atoms with van der Waals surface area (Å²) in [5.41, 5.74) is 3.67. The van der Waals surface area contributed by atoms with Gasteiger partial charge in [-0.1, -0.05) is 29.0 Å². The number of anilines is 1. The van der Waals surface area contributed by atoms with Gasteiger partial charge in [-0.2, -0.15) is 0 Å². The molecule has 1 saturated heterocycles. The van der Waals surface area contributed by atoms with Crippen LogP contribution in [0.15, 0.2) is 36.5 Å². The van der Waals surface area contributed by atoms with E-state index in [-0.39, 0.29) is 24.5 Å². The summed E-state index contributed by atoms with van der Waals surface area (Å²) in [6, 6.07) is 9.73. The summed E-state index contributed by atoms with van der Waals surface area (Å²) in [6.45, 7) is 6.71. The third-order valence-electron chi connectivity index (χ3n) is 5.32. The van der Waals surface area contributed by atoms with Crippen LogP contribution >= 0.6 is 11.3 Å². The Bertz CT molecular complexity index is 1020.